The summed E-state index contributed by atoms with van der Waals surface area (Å²) in [6, 6.07) is 7.26. The van der Waals surface area contributed by atoms with E-state index in [1.165, 1.54) is 0 Å². The number of nitrogens with zero attached hydrogens (tertiary/aromatic N) is 4. The first-order valence-corrected chi connectivity index (χ1v) is 10.2. The van der Waals surface area contributed by atoms with Gasteiger partial charge in [-0.25, -0.2) is 4.98 Å². The summed E-state index contributed by atoms with van der Waals surface area (Å²) in [6.45, 7) is 1.68. The van der Waals surface area contributed by atoms with Gasteiger partial charge in [-0.2, -0.15) is 0 Å². The van der Waals surface area contributed by atoms with Gasteiger partial charge in [0.05, 0.1) is 16.4 Å². The maximum absolute atomic E-state index is 13.1. The largest absolute Gasteiger partial charge is 0.397 e. The Bertz CT molecular complexity index is 1070. The van der Waals surface area contributed by atoms with Gasteiger partial charge in [0.15, 0.2) is 5.78 Å². The van der Waals surface area contributed by atoms with E-state index in [9.17, 15) is 4.79 Å². The van der Waals surface area contributed by atoms with E-state index in [1.807, 2.05) is 6.07 Å². The van der Waals surface area contributed by atoms with Gasteiger partial charge in [-0.3, -0.25) is 14.8 Å². The number of ketones is 1. The van der Waals surface area contributed by atoms with E-state index < -0.39 is 0 Å². The number of aromatic nitrogens is 3. The molecule has 0 aromatic carbocycles. The van der Waals surface area contributed by atoms with Crippen LogP contribution >= 0.6 is 11.6 Å². The Morgan fingerprint density at radius 2 is 1.97 bits per heavy atom. The number of hydrogen-bond acceptors (Lipinski definition) is 7. The Morgan fingerprint density at radius 3 is 2.77 bits per heavy atom. The van der Waals surface area contributed by atoms with Crippen LogP contribution in [0.4, 0.5) is 11.4 Å². The van der Waals surface area contributed by atoms with Crippen LogP contribution in [0.2, 0.25) is 5.02 Å². The smallest absolute Gasteiger partial charge is 0.187 e. The lowest BCUT2D eigenvalue weighted by molar-refractivity contribution is 0.0989. The molecule has 0 bridgehead atoms. The Morgan fingerprint density at radius 1 is 1.17 bits per heavy atom. The second kappa shape index (κ2) is 8.77. The van der Waals surface area contributed by atoms with Gasteiger partial charge in [0, 0.05) is 67.2 Å². The molecule has 0 amide bonds. The molecule has 1 aliphatic rings. The number of rotatable bonds is 5. The summed E-state index contributed by atoms with van der Waals surface area (Å²) >= 11 is 6.24. The molecule has 1 atom stereocenters. The van der Waals surface area contributed by atoms with Gasteiger partial charge in [0.2, 0.25) is 0 Å². The number of pyridine rings is 3. The topological polar surface area (TPSA) is 111 Å². The average molecular weight is 423 g/mol. The lowest BCUT2D eigenvalue weighted by Crippen LogP contribution is -2.43. The molecule has 0 radical (unpaired) electrons. The summed E-state index contributed by atoms with van der Waals surface area (Å²) < 4.78 is 0. The standard InChI is InChI=1S/C22H23ClN6O/c23-17-12-27-7-5-16(17)19-4-3-18(25)22(28-19)21(30)10-14-11-26-8-6-20(14)29-9-1-2-15(24)13-29/h3-8,11-12,15H,1-2,9-10,13,24-25H2/t15-/m0/s1. The van der Waals surface area contributed by atoms with Crippen molar-refractivity contribution in [1.29, 1.82) is 0 Å². The molecule has 4 rings (SSSR count). The Labute approximate surface area is 180 Å². The zero-order chi connectivity index (χ0) is 21.1. The fourth-order valence-corrected chi connectivity index (χ4v) is 3.99. The number of halogens is 1. The van der Waals surface area contributed by atoms with E-state index in [1.54, 1.807) is 43.0 Å². The van der Waals surface area contributed by atoms with Crippen molar-refractivity contribution in [2.24, 2.45) is 5.73 Å². The van der Waals surface area contributed by atoms with Crippen LogP contribution in [0, 0.1) is 0 Å². The third-order valence-corrected chi connectivity index (χ3v) is 5.57. The number of carbonyl (C=O) groups is 1. The zero-order valence-corrected chi connectivity index (χ0v) is 17.2. The second-order valence-corrected chi connectivity index (χ2v) is 7.85. The maximum Gasteiger partial charge on any atom is 0.187 e. The summed E-state index contributed by atoms with van der Waals surface area (Å²) in [5.41, 5.74) is 15.9. The number of hydrogen-bond donors (Lipinski definition) is 2. The molecule has 4 heterocycles. The molecule has 30 heavy (non-hydrogen) atoms. The third-order valence-electron chi connectivity index (χ3n) is 5.27. The van der Waals surface area contributed by atoms with Crippen molar-refractivity contribution in [3.8, 4) is 11.3 Å². The van der Waals surface area contributed by atoms with Crippen LogP contribution in [0.15, 0.2) is 49.1 Å². The van der Waals surface area contributed by atoms with E-state index in [4.69, 9.17) is 23.1 Å². The van der Waals surface area contributed by atoms with E-state index >= 15 is 0 Å². The lowest BCUT2D eigenvalue weighted by atomic mass is 10.0. The molecule has 1 aliphatic heterocycles. The first-order chi connectivity index (χ1) is 14.5. The number of carbonyl (C=O) groups excluding carboxylic acids is 1. The van der Waals surface area contributed by atoms with Crippen LogP contribution in [0.3, 0.4) is 0 Å². The fraction of sp³-hybridized carbons (Fsp3) is 0.273. The van der Waals surface area contributed by atoms with Crippen molar-refractivity contribution in [3.63, 3.8) is 0 Å². The molecule has 4 N–H and O–H groups in total. The summed E-state index contributed by atoms with van der Waals surface area (Å²) in [6.07, 6.45) is 8.84. The lowest BCUT2D eigenvalue weighted by Gasteiger charge is -2.33. The number of piperidine rings is 1. The highest BCUT2D eigenvalue weighted by Gasteiger charge is 2.22. The molecule has 7 nitrogen and oxygen atoms in total. The van der Waals surface area contributed by atoms with E-state index in [0.29, 0.717) is 22.0 Å². The Kier molecular flexibility index (Phi) is 5.92. The van der Waals surface area contributed by atoms with Gasteiger partial charge in [-0.05, 0) is 37.1 Å². The minimum atomic E-state index is -0.171. The van der Waals surface area contributed by atoms with Crippen LogP contribution in [0.5, 0.6) is 0 Å². The second-order valence-electron chi connectivity index (χ2n) is 7.44. The highest BCUT2D eigenvalue weighted by molar-refractivity contribution is 6.33. The van der Waals surface area contributed by atoms with E-state index in [2.05, 4.69) is 19.9 Å². The molecule has 0 saturated carbocycles. The molecule has 3 aromatic rings. The Hall–Kier alpha value is -3.03. The molecule has 3 aromatic heterocycles. The van der Waals surface area contributed by atoms with Gasteiger partial charge in [0.1, 0.15) is 5.69 Å². The van der Waals surface area contributed by atoms with Crippen LogP contribution in [0.25, 0.3) is 11.3 Å². The maximum atomic E-state index is 13.1. The van der Waals surface area contributed by atoms with E-state index in [0.717, 1.165) is 37.2 Å². The van der Waals surface area contributed by atoms with Gasteiger partial charge in [-0.1, -0.05) is 11.6 Å². The van der Waals surface area contributed by atoms with Crippen LogP contribution in [-0.2, 0) is 6.42 Å². The molecule has 1 fully saturated rings. The SMILES string of the molecule is Nc1ccc(-c2ccncc2Cl)nc1C(=O)Cc1cnccc1N1CCC[C@H](N)C1. The number of nitrogen functional groups attached to an aromatic ring is 1. The summed E-state index contributed by atoms with van der Waals surface area (Å²) in [5.74, 6) is -0.171. The Balaban J connectivity index is 1.62. The van der Waals surface area contributed by atoms with Crippen LogP contribution in [-0.4, -0.2) is 39.9 Å². The monoisotopic (exact) mass is 422 g/mol. The molecule has 8 heteroatoms. The van der Waals surface area contributed by atoms with Crippen LogP contribution < -0.4 is 16.4 Å². The zero-order valence-electron chi connectivity index (χ0n) is 16.5. The molecule has 0 aliphatic carbocycles. The average Bonchev–Trinajstić information content (AvgIpc) is 2.75. The summed E-state index contributed by atoms with van der Waals surface area (Å²) in [7, 11) is 0. The van der Waals surface area contributed by atoms with Crippen molar-refractivity contribution in [3.05, 3.63) is 65.3 Å². The van der Waals surface area contributed by atoms with Gasteiger partial charge >= 0.3 is 0 Å². The fourth-order valence-electron chi connectivity index (χ4n) is 3.78. The molecule has 0 unspecified atom stereocenters. The molecular weight excluding hydrogens is 400 g/mol. The first kappa shape index (κ1) is 20.3. The highest BCUT2D eigenvalue weighted by atomic mass is 35.5. The van der Waals surface area contributed by atoms with Crippen LogP contribution in [0.1, 0.15) is 28.9 Å². The summed E-state index contributed by atoms with van der Waals surface area (Å²) in [5, 5.41) is 0.462. The number of anilines is 2. The molecule has 1 saturated heterocycles. The van der Waals surface area contributed by atoms with Crippen molar-refractivity contribution in [2.45, 2.75) is 25.3 Å². The predicted octanol–water partition coefficient (Wildman–Crippen LogP) is 3.13. The summed E-state index contributed by atoms with van der Waals surface area (Å²) in [4.78, 5) is 28.1. The van der Waals surface area contributed by atoms with Crippen molar-refractivity contribution < 1.29 is 4.79 Å². The quantitative estimate of drug-likeness (QED) is 0.607. The normalized spacial score (nSPS) is 16.5. The first-order valence-electron chi connectivity index (χ1n) is 9.86. The van der Waals surface area contributed by atoms with Crippen molar-refractivity contribution in [2.75, 3.05) is 23.7 Å². The van der Waals surface area contributed by atoms with Gasteiger partial charge < -0.3 is 16.4 Å². The molecule has 0 spiro atoms. The minimum Gasteiger partial charge on any atom is -0.397 e. The molecule has 154 valence electrons. The molecular formula is C22H23ClN6O. The number of Topliss-reactive ketones (excluding diaryl/α,β-unsaturated/α-hetero) is 1. The van der Waals surface area contributed by atoms with Crippen molar-refractivity contribution >= 4 is 28.8 Å². The number of nitrogens with two attached hydrogens (primary N) is 2. The highest BCUT2D eigenvalue weighted by Crippen LogP contribution is 2.28. The van der Waals surface area contributed by atoms with Gasteiger partial charge in [0.25, 0.3) is 0 Å². The third kappa shape index (κ3) is 4.27. The van der Waals surface area contributed by atoms with Crippen molar-refractivity contribution in [1.82, 2.24) is 15.0 Å². The predicted molar refractivity (Wildman–Crippen MR) is 119 cm³/mol. The van der Waals surface area contributed by atoms with Gasteiger partial charge in [-0.15, -0.1) is 0 Å². The minimum absolute atomic E-state index is 0.134. The van der Waals surface area contributed by atoms with E-state index in [-0.39, 0.29) is 23.9 Å².